The van der Waals surface area contributed by atoms with Gasteiger partial charge in [0.15, 0.2) is 0 Å². The minimum atomic E-state index is -4.70. The lowest BCUT2D eigenvalue weighted by Gasteiger charge is -2.30. The van der Waals surface area contributed by atoms with E-state index in [0.29, 0.717) is 17.2 Å². The molecular weight excluding hydrogens is 494 g/mol. The SMILES string of the molecule is COc1cc(OCCO)ccc1NC[C@H](C)NC(=O)[C@H](CC(C)(C)F)N[C@@H](c1ccccc1)C(F)(F)F. The highest BCUT2D eigenvalue weighted by Crippen LogP contribution is 2.34. The van der Waals surface area contributed by atoms with Crippen molar-refractivity contribution in [3.8, 4) is 11.5 Å². The van der Waals surface area contributed by atoms with Crippen molar-refractivity contribution in [3.63, 3.8) is 0 Å². The fraction of sp³-hybridized carbons (Fsp3) is 0.500. The summed E-state index contributed by atoms with van der Waals surface area (Å²) in [5.74, 6) is 0.215. The van der Waals surface area contributed by atoms with E-state index in [-0.39, 0.29) is 25.3 Å². The van der Waals surface area contributed by atoms with Crippen LogP contribution in [-0.2, 0) is 4.79 Å². The fourth-order valence-electron chi connectivity index (χ4n) is 3.67. The van der Waals surface area contributed by atoms with Gasteiger partial charge >= 0.3 is 6.18 Å². The van der Waals surface area contributed by atoms with Crippen molar-refractivity contribution in [2.24, 2.45) is 0 Å². The first-order valence-electron chi connectivity index (χ1n) is 11.9. The molecule has 0 unspecified atom stereocenters. The van der Waals surface area contributed by atoms with Crippen LogP contribution in [0.5, 0.6) is 11.5 Å². The number of carbonyl (C=O) groups is 1. The van der Waals surface area contributed by atoms with Crippen LogP contribution in [0.3, 0.4) is 0 Å². The number of benzene rings is 2. The quantitative estimate of drug-likeness (QED) is 0.272. The van der Waals surface area contributed by atoms with Gasteiger partial charge in [0.1, 0.15) is 29.8 Å². The average Bonchev–Trinajstić information content (AvgIpc) is 2.83. The van der Waals surface area contributed by atoms with Crippen molar-refractivity contribution >= 4 is 11.6 Å². The van der Waals surface area contributed by atoms with Crippen molar-refractivity contribution < 1.29 is 36.9 Å². The van der Waals surface area contributed by atoms with Gasteiger partial charge in [-0.3, -0.25) is 10.1 Å². The Morgan fingerprint density at radius 1 is 1.08 bits per heavy atom. The van der Waals surface area contributed by atoms with Crippen molar-refractivity contribution in [2.75, 3.05) is 32.2 Å². The van der Waals surface area contributed by atoms with E-state index in [4.69, 9.17) is 14.6 Å². The van der Waals surface area contributed by atoms with Crippen molar-refractivity contribution in [1.82, 2.24) is 10.6 Å². The summed E-state index contributed by atoms with van der Waals surface area (Å²) in [5, 5.41) is 17.0. The molecule has 37 heavy (non-hydrogen) atoms. The molecule has 0 saturated carbocycles. The van der Waals surface area contributed by atoms with Gasteiger partial charge in [-0.2, -0.15) is 13.2 Å². The predicted octanol–water partition coefficient (Wildman–Crippen LogP) is 4.38. The molecule has 0 aliphatic rings. The normalized spacial score (nSPS) is 14.4. The van der Waals surface area contributed by atoms with E-state index in [9.17, 15) is 22.4 Å². The van der Waals surface area contributed by atoms with Crippen LogP contribution in [0.15, 0.2) is 48.5 Å². The topological polar surface area (TPSA) is 91.8 Å². The van der Waals surface area contributed by atoms with Gasteiger partial charge in [0.25, 0.3) is 0 Å². The summed E-state index contributed by atoms with van der Waals surface area (Å²) in [7, 11) is 1.47. The van der Waals surface area contributed by atoms with Crippen LogP contribution in [0, 0.1) is 0 Å². The third-order valence-electron chi connectivity index (χ3n) is 5.35. The molecule has 7 nitrogen and oxygen atoms in total. The van der Waals surface area contributed by atoms with Crippen LogP contribution < -0.4 is 25.4 Å². The van der Waals surface area contributed by atoms with Crippen LogP contribution in [0.2, 0.25) is 0 Å². The standard InChI is InChI=1S/C26H35F4N3O4/c1-17(16-31-20-11-10-19(37-13-12-34)14-22(20)36-4)32-24(35)21(15-25(2,3)27)33-23(26(28,29)30)18-8-6-5-7-9-18/h5-11,14,17,21,23,31,33-34H,12-13,15-16H2,1-4H3,(H,32,35)/t17-,21-,23-/m0/s1. The van der Waals surface area contributed by atoms with E-state index in [1.807, 2.05) is 0 Å². The number of hydrogen-bond acceptors (Lipinski definition) is 6. The van der Waals surface area contributed by atoms with Gasteiger partial charge in [0.05, 0.1) is 25.4 Å². The Bertz CT molecular complexity index is 984. The van der Waals surface area contributed by atoms with Gasteiger partial charge in [-0.15, -0.1) is 0 Å². The lowest BCUT2D eigenvalue weighted by atomic mass is 9.97. The molecule has 2 rings (SSSR count). The number of methoxy groups -OCH3 is 1. The average molecular weight is 530 g/mol. The van der Waals surface area contributed by atoms with Crippen LogP contribution in [0.25, 0.3) is 0 Å². The minimum Gasteiger partial charge on any atom is -0.494 e. The highest BCUT2D eigenvalue weighted by Gasteiger charge is 2.43. The summed E-state index contributed by atoms with van der Waals surface area (Å²) in [6, 6.07) is 8.04. The van der Waals surface area contributed by atoms with E-state index in [2.05, 4.69) is 16.0 Å². The van der Waals surface area contributed by atoms with Gasteiger partial charge in [-0.05, 0) is 38.5 Å². The third-order valence-corrected chi connectivity index (χ3v) is 5.35. The van der Waals surface area contributed by atoms with E-state index in [0.717, 1.165) is 0 Å². The number of anilines is 1. The molecule has 0 spiro atoms. The van der Waals surface area contributed by atoms with E-state index in [1.54, 1.807) is 31.2 Å². The molecule has 0 bridgehead atoms. The molecule has 0 saturated heterocycles. The zero-order chi connectivity index (χ0) is 27.6. The Morgan fingerprint density at radius 3 is 2.32 bits per heavy atom. The van der Waals surface area contributed by atoms with E-state index >= 15 is 0 Å². The maximum absolute atomic E-state index is 14.5. The molecule has 4 N–H and O–H groups in total. The summed E-state index contributed by atoms with van der Waals surface area (Å²) >= 11 is 0. The van der Waals surface area contributed by atoms with Crippen molar-refractivity contribution in [2.45, 2.75) is 57.2 Å². The molecule has 0 aliphatic heterocycles. The maximum atomic E-state index is 14.5. The van der Waals surface area contributed by atoms with Gasteiger partial charge in [-0.1, -0.05) is 30.3 Å². The Kier molecular flexibility index (Phi) is 11.0. The Hall–Kier alpha value is -3.05. The number of rotatable bonds is 14. The number of carbonyl (C=O) groups excluding carboxylic acids is 1. The summed E-state index contributed by atoms with van der Waals surface area (Å²) in [6.45, 7) is 4.31. The summed E-state index contributed by atoms with van der Waals surface area (Å²) < 4.78 is 66.8. The fourth-order valence-corrected chi connectivity index (χ4v) is 3.67. The molecule has 0 aromatic heterocycles. The summed E-state index contributed by atoms with van der Waals surface area (Å²) in [6.07, 6.45) is -5.15. The number of nitrogens with one attached hydrogen (secondary N) is 3. The first-order valence-corrected chi connectivity index (χ1v) is 11.9. The highest BCUT2D eigenvalue weighted by molar-refractivity contribution is 5.82. The molecule has 206 valence electrons. The number of aliphatic hydroxyl groups excluding tert-OH is 1. The molecule has 11 heteroatoms. The zero-order valence-corrected chi connectivity index (χ0v) is 21.4. The number of halogens is 4. The Morgan fingerprint density at radius 2 is 1.76 bits per heavy atom. The zero-order valence-electron chi connectivity index (χ0n) is 21.4. The second-order valence-corrected chi connectivity index (χ2v) is 9.25. The number of aliphatic hydroxyl groups is 1. The van der Waals surface area contributed by atoms with Gasteiger partial charge in [0, 0.05) is 25.1 Å². The Labute approximate surface area is 214 Å². The number of amides is 1. The molecule has 2 aromatic rings. The third kappa shape index (κ3) is 10.1. The monoisotopic (exact) mass is 529 g/mol. The van der Waals surface area contributed by atoms with Gasteiger partial charge in [-0.25, -0.2) is 4.39 Å². The second-order valence-electron chi connectivity index (χ2n) is 9.25. The first kappa shape index (κ1) is 30.2. The highest BCUT2D eigenvalue weighted by atomic mass is 19.4. The molecule has 0 fully saturated rings. The van der Waals surface area contributed by atoms with Crippen LogP contribution >= 0.6 is 0 Å². The predicted molar refractivity (Wildman–Crippen MR) is 134 cm³/mol. The number of hydrogen-bond donors (Lipinski definition) is 4. The molecule has 0 heterocycles. The molecular formula is C26H35F4N3O4. The molecule has 1 amide bonds. The van der Waals surface area contributed by atoms with Crippen molar-refractivity contribution in [3.05, 3.63) is 54.1 Å². The smallest absolute Gasteiger partial charge is 0.407 e. The summed E-state index contributed by atoms with van der Waals surface area (Å²) in [4.78, 5) is 13.0. The molecule has 0 aliphatic carbocycles. The molecule has 0 radical (unpaired) electrons. The first-order chi connectivity index (χ1) is 17.3. The van der Waals surface area contributed by atoms with Crippen LogP contribution in [0.4, 0.5) is 23.2 Å². The van der Waals surface area contributed by atoms with Crippen LogP contribution in [-0.4, -0.2) is 61.8 Å². The van der Waals surface area contributed by atoms with E-state index < -0.39 is 42.3 Å². The maximum Gasteiger partial charge on any atom is 0.407 e. The lowest BCUT2D eigenvalue weighted by Crippen LogP contribution is -2.53. The molecule has 3 atom stereocenters. The molecule has 2 aromatic carbocycles. The number of alkyl halides is 4. The summed E-state index contributed by atoms with van der Waals surface area (Å²) in [5.41, 5.74) is -1.37. The number of ether oxygens (including phenoxy) is 2. The van der Waals surface area contributed by atoms with Crippen LogP contribution in [0.1, 0.15) is 38.8 Å². The second kappa shape index (κ2) is 13.5. The van der Waals surface area contributed by atoms with Crippen molar-refractivity contribution in [1.29, 1.82) is 0 Å². The Balaban J connectivity index is 2.10. The lowest BCUT2D eigenvalue weighted by molar-refractivity contribution is -0.161. The van der Waals surface area contributed by atoms with Gasteiger partial charge in [0.2, 0.25) is 5.91 Å². The van der Waals surface area contributed by atoms with E-state index in [1.165, 1.54) is 45.2 Å². The van der Waals surface area contributed by atoms with Gasteiger partial charge < -0.3 is 25.2 Å². The minimum absolute atomic E-state index is 0.0716. The largest absolute Gasteiger partial charge is 0.494 e.